The van der Waals surface area contributed by atoms with Crippen molar-refractivity contribution in [3.63, 3.8) is 0 Å². The summed E-state index contributed by atoms with van der Waals surface area (Å²) in [6, 6.07) is 0.323. The number of rotatable bonds is 4. The number of nitrogens with zero attached hydrogens (tertiary/aromatic N) is 3. The van der Waals surface area contributed by atoms with E-state index in [-0.39, 0.29) is 11.8 Å². The van der Waals surface area contributed by atoms with Gasteiger partial charge >= 0.3 is 0 Å². The molecule has 1 amide bonds. The Morgan fingerprint density at radius 2 is 2.18 bits per heavy atom. The molecule has 1 aromatic rings. The molecule has 1 aliphatic carbocycles. The summed E-state index contributed by atoms with van der Waals surface area (Å²) >= 11 is 0. The highest BCUT2D eigenvalue weighted by Crippen LogP contribution is 2.43. The van der Waals surface area contributed by atoms with E-state index in [1.165, 1.54) is 0 Å². The van der Waals surface area contributed by atoms with Gasteiger partial charge in [0.2, 0.25) is 0 Å². The van der Waals surface area contributed by atoms with E-state index >= 15 is 0 Å². The van der Waals surface area contributed by atoms with E-state index in [4.69, 9.17) is 0 Å². The Kier molecular flexibility index (Phi) is 4.26. The lowest BCUT2D eigenvalue weighted by Crippen LogP contribution is -2.46. The van der Waals surface area contributed by atoms with E-state index in [2.05, 4.69) is 18.9 Å². The van der Waals surface area contributed by atoms with Crippen LogP contribution in [0.25, 0.3) is 0 Å². The van der Waals surface area contributed by atoms with Crippen LogP contribution in [0, 0.1) is 5.92 Å². The second-order valence-electron chi connectivity index (χ2n) is 7.00. The van der Waals surface area contributed by atoms with E-state index in [0.717, 1.165) is 43.5 Å². The molecule has 5 heteroatoms. The zero-order chi connectivity index (χ0) is 15.9. The molecule has 1 aliphatic heterocycles. The fraction of sp³-hybridized carbons (Fsp3) is 0.765. The standard InChI is InChI=1S/C17H27N3O2/c1-4-12(3)20-16(13-5-6-13)14(9-18-20)17(22)19-8-7-11(2)15(21)10-19/h9,11-13,15,21H,4-8,10H2,1-3H3. The summed E-state index contributed by atoms with van der Waals surface area (Å²) in [5, 5.41) is 14.6. The Bertz CT molecular complexity index is 550. The monoisotopic (exact) mass is 305 g/mol. The fourth-order valence-electron chi connectivity index (χ4n) is 3.23. The summed E-state index contributed by atoms with van der Waals surface area (Å²) in [6.07, 6.45) is 5.52. The van der Waals surface area contributed by atoms with Gasteiger partial charge in [-0.15, -0.1) is 0 Å². The van der Waals surface area contributed by atoms with Gasteiger partial charge < -0.3 is 10.0 Å². The third-order valence-electron chi connectivity index (χ3n) is 5.24. The molecule has 1 N–H and O–H groups in total. The average Bonchev–Trinajstić information content (AvgIpc) is 3.26. The van der Waals surface area contributed by atoms with Gasteiger partial charge in [-0.2, -0.15) is 5.10 Å². The summed E-state index contributed by atoms with van der Waals surface area (Å²) in [7, 11) is 0. The normalized spacial score (nSPS) is 27.0. The Morgan fingerprint density at radius 3 is 2.77 bits per heavy atom. The molecule has 3 unspecified atom stereocenters. The highest BCUT2D eigenvalue weighted by atomic mass is 16.3. The fourth-order valence-corrected chi connectivity index (χ4v) is 3.23. The zero-order valence-corrected chi connectivity index (χ0v) is 13.8. The van der Waals surface area contributed by atoms with Gasteiger partial charge in [0.15, 0.2) is 0 Å². The van der Waals surface area contributed by atoms with E-state index in [1.54, 1.807) is 11.1 Å². The molecule has 0 spiro atoms. The van der Waals surface area contributed by atoms with Crippen molar-refractivity contribution in [2.75, 3.05) is 13.1 Å². The van der Waals surface area contributed by atoms with Crippen LogP contribution in [0.4, 0.5) is 0 Å². The number of aromatic nitrogens is 2. The van der Waals surface area contributed by atoms with Crippen molar-refractivity contribution in [3.05, 3.63) is 17.5 Å². The van der Waals surface area contributed by atoms with E-state index in [9.17, 15) is 9.90 Å². The maximum absolute atomic E-state index is 12.9. The molecule has 1 saturated heterocycles. The maximum Gasteiger partial charge on any atom is 0.257 e. The first-order chi connectivity index (χ1) is 10.5. The molecule has 0 radical (unpaired) electrons. The number of β-amino-alcohol motifs (C(OH)–C–C–N with tert-alkyl or cyclic N) is 1. The van der Waals surface area contributed by atoms with Crippen LogP contribution in [0.2, 0.25) is 0 Å². The number of carbonyl (C=O) groups excluding carboxylic acids is 1. The maximum atomic E-state index is 12.9. The van der Waals surface area contributed by atoms with Crippen LogP contribution in [0.3, 0.4) is 0 Å². The second-order valence-corrected chi connectivity index (χ2v) is 7.00. The first-order valence-corrected chi connectivity index (χ1v) is 8.57. The third kappa shape index (κ3) is 2.78. The average molecular weight is 305 g/mol. The summed E-state index contributed by atoms with van der Waals surface area (Å²) in [5.41, 5.74) is 1.87. The number of likely N-dealkylation sites (tertiary alicyclic amines) is 1. The van der Waals surface area contributed by atoms with Gasteiger partial charge in [-0.25, -0.2) is 0 Å². The van der Waals surface area contributed by atoms with Gasteiger partial charge in [0.25, 0.3) is 5.91 Å². The summed E-state index contributed by atoms with van der Waals surface area (Å²) in [6.45, 7) is 7.52. The number of aliphatic hydroxyl groups is 1. The van der Waals surface area contributed by atoms with Crippen molar-refractivity contribution in [3.8, 4) is 0 Å². The lowest BCUT2D eigenvalue weighted by Gasteiger charge is -2.34. The molecule has 122 valence electrons. The Balaban J connectivity index is 1.85. The second kappa shape index (κ2) is 6.03. The van der Waals surface area contributed by atoms with Crippen LogP contribution in [0.5, 0.6) is 0 Å². The quantitative estimate of drug-likeness (QED) is 0.930. The first kappa shape index (κ1) is 15.5. The van der Waals surface area contributed by atoms with Crippen LogP contribution in [0.15, 0.2) is 6.20 Å². The largest absolute Gasteiger partial charge is 0.391 e. The molecule has 2 aliphatic rings. The number of hydrogen-bond donors (Lipinski definition) is 1. The number of aliphatic hydroxyl groups excluding tert-OH is 1. The number of hydrogen-bond acceptors (Lipinski definition) is 3. The molecule has 0 aromatic carbocycles. The number of piperidine rings is 1. The molecule has 3 atom stereocenters. The minimum Gasteiger partial charge on any atom is -0.391 e. The van der Waals surface area contributed by atoms with Crippen molar-refractivity contribution in [2.24, 2.45) is 5.92 Å². The van der Waals surface area contributed by atoms with Crippen LogP contribution < -0.4 is 0 Å². The summed E-state index contributed by atoms with van der Waals surface area (Å²) in [5.74, 6) is 0.807. The smallest absolute Gasteiger partial charge is 0.257 e. The van der Waals surface area contributed by atoms with Crippen molar-refractivity contribution >= 4 is 5.91 Å². The zero-order valence-electron chi connectivity index (χ0n) is 13.8. The number of amides is 1. The van der Waals surface area contributed by atoms with Gasteiger partial charge in [0.05, 0.1) is 23.6 Å². The van der Waals surface area contributed by atoms with Gasteiger partial charge in [-0.1, -0.05) is 13.8 Å². The first-order valence-electron chi connectivity index (χ1n) is 8.57. The molecule has 3 rings (SSSR count). The molecule has 5 nitrogen and oxygen atoms in total. The summed E-state index contributed by atoms with van der Waals surface area (Å²) < 4.78 is 2.05. The summed E-state index contributed by atoms with van der Waals surface area (Å²) in [4.78, 5) is 14.7. The Morgan fingerprint density at radius 1 is 1.45 bits per heavy atom. The third-order valence-corrected chi connectivity index (χ3v) is 5.24. The highest BCUT2D eigenvalue weighted by molar-refractivity contribution is 5.95. The Labute approximate surface area is 132 Å². The number of carbonyl (C=O) groups is 1. The molecular formula is C17H27N3O2. The van der Waals surface area contributed by atoms with Crippen LogP contribution >= 0.6 is 0 Å². The van der Waals surface area contributed by atoms with E-state index < -0.39 is 6.10 Å². The van der Waals surface area contributed by atoms with Crippen molar-refractivity contribution in [1.29, 1.82) is 0 Å². The van der Waals surface area contributed by atoms with E-state index in [0.29, 0.717) is 18.5 Å². The van der Waals surface area contributed by atoms with Gasteiger partial charge in [0.1, 0.15) is 0 Å². The van der Waals surface area contributed by atoms with Gasteiger partial charge in [-0.3, -0.25) is 9.48 Å². The van der Waals surface area contributed by atoms with Crippen molar-refractivity contribution < 1.29 is 9.90 Å². The topological polar surface area (TPSA) is 58.4 Å². The predicted octanol–water partition coefficient (Wildman–Crippen LogP) is 2.57. The molecule has 22 heavy (non-hydrogen) atoms. The van der Waals surface area contributed by atoms with Crippen LogP contribution in [0.1, 0.15) is 74.5 Å². The molecule has 2 heterocycles. The van der Waals surface area contributed by atoms with Gasteiger partial charge in [-0.05, 0) is 38.5 Å². The van der Waals surface area contributed by atoms with Gasteiger partial charge in [0, 0.05) is 25.0 Å². The van der Waals surface area contributed by atoms with Crippen LogP contribution in [-0.2, 0) is 0 Å². The SMILES string of the molecule is CCC(C)n1ncc(C(=O)N2CCC(C)C(O)C2)c1C1CC1. The highest BCUT2D eigenvalue weighted by Gasteiger charge is 2.36. The molecule has 2 fully saturated rings. The minimum absolute atomic E-state index is 0.0439. The molecule has 1 aromatic heterocycles. The molecule has 0 bridgehead atoms. The Hall–Kier alpha value is -1.36. The molecule has 1 saturated carbocycles. The minimum atomic E-state index is -0.410. The predicted molar refractivity (Wildman–Crippen MR) is 84.9 cm³/mol. The van der Waals surface area contributed by atoms with E-state index in [1.807, 2.05) is 11.6 Å². The van der Waals surface area contributed by atoms with Crippen molar-refractivity contribution in [1.82, 2.24) is 14.7 Å². The van der Waals surface area contributed by atoms with Crippen LogP contribution in [-0.4, -0.2) is 44.9 Å². The lowest BCUT2D eigenvalue weighted by molar-refractivity contribution is 0.0248. The van der Waals surface area contributed by atoms with Crippen molar-refractivity contribution in [2.45, 2.75) is 64.5 Å². The lowest BCUT2D eigenvalue weighted by atomic mass is 9.95. The molecular weight excluding hydrogens is 278 g/mol.